The van der Waals surface area contributed by atoms with Crippen molar-refractivity contribution in [1.82, 2.24) is 10.3 Å². The Morgan fingerprint density at radius 1 is 1.60 bits per heavy atom. The molecule has 0 atom stereocenters. The average molecular weight is 136 g/mol. The molecule has 0 saturated heterocycles. The summed E-state index contributed by atoms with van der Waals surface area (Å²) in [6, 6.07) is 1.96. The monoisotopic (exact) mass is 136 g/mol. The highest BCUT2D eigenvalue weighted by Gasteiger charge is 2.06. The van der Waals surface area contributed by atoms with Gasteiger partial charge in [-0.1, -0.05) is 0 Å². The molecular formula is C7H8N2O. The van der Waals surface area contributed by atoms with Crippen molar-refractivity contribution in [3.05, 3.63) is 24.0 Å². The summed E-state index contributed by atoms with van der Waals surface area (Å²) in [7, 11) is 0. The van der Waals surface area contributed by atoms with Gasteiger partial charge in [-0.2, -0.15) is 0 Å². The zero-order chi connectivity index (χ0) is 6.81. The first-order valence-corrected chi connectivity index (χ1v) is 3.23. The fourth-order valence-corrected chi connectivity index (χ4v) is 0.999. The van der Waals surface area contributed by atoms with E-state index in [1.807, 2.05) is 6.07 Å². The fraction of sp³-hybridized carbons (Fsp3) is 0.286. The second kappa shape index (κ2) is 2.27. The molecule has 1 aliphatic rings. The van der Waals surface area contributed by atoms with Crippen molar-refractivity contribution in [3.8, 4) is 5.75 Å². The van der Waals surface area contributed by atoms with Crippen LogP contribution in [0.1, 0.15) is 5.56 Å². The second-order valence-corrected chi connectivity index (χ2v) is 2.20. The van der Waals surface area contributed by atoms with Crippen LogP contribution in [0.4, 0.5) is 0 Å². The van der Waals surface area contributed by atoms with Gasteiger partial charge in [0.2, 0.25) is 0 Å². The molecule has 3 nitrogen and oxygen atoms in total. The number of rotatable bonds is 0. The number of hydrogen-bond donors (Lipinski definition) is 1. The lowest BCUT2D eigenvalue weighted by atomic mass is 10.2. The third-order valence-electron chi connectivity index (χ3n) is 1.52. The van der Waals surface area contributed by atoms with Crippen LogP contribution in [-0.2, 0) is 6.54 Å². The van der Waals surface area contributed by atoms with Gasteiger partial charge in [0.15, 0.2) is 0 Å². The van der Waals surface area contributed by atoms with E-state index >= 15 is 0 Å². The number of nitrogens with one attached hydrogen (secondary N) is 1. The van der Waals surface area contributed by atoms with E-state index in [-0.39, 0.29) is 0 Å². The predicted octanol–water partition coefficient (Wildman–Crippen LogP) is 0.521. The molecule has 0 amide bonds. The number of hydrogen-bond acceptors (Lipinski definition) is 3. The minimum Gasteiger partial charge on any atom is -0.476 e. The van der Waals surface area contributed by atoms with Crippen LogP contribution in [0, 0.1) is 0 Å². The van der Waals surface area contributed by atoms with E-state index in [2.05, 4.69) is 10.3 Å². The summed E-state index contributed by atoms with van der Waals surface area (Å²) in [6.45, 7) is 1.48. The molecule has 0 bridgehead atoms. The summed E-state index contributed by atoms with van der Waals surface area (Å²) in [4.78, 5) is 3.95. The van der Waals surface area contributed by atoms with Crippen LogP contribution in [-0.4, -0.2) is 11.7 Å². The molecule has 1 aliphatic heterocycles. The maximum atomic E-state index is 5.25. The normalized spacial score (nSPS) is 15.6. The Balaban J connectivity index is 2.41. The van der Waals surface area contributed by atoms with Gasteiger partial charge in [0.05, 0.1) is 6.20 Å². The van der Waals surface area contributed by atoms with Crippen molar-refractivity contribution in [3.63, 3.8) is 0 Å². The molecule has 1 N–H and O–H groups in total. The van der Waals surface area contributed by atoms with Crippen LogP contribution in [0.3, 0.4) is 0 Å². The maximum Gasteiger partial charge on any atom is 0.144 e. The first-order chi connectivity index (χ1) is 4.97. The molecule has 3 heteroatoms. The summed E-state index contributed by atoms with van der Waals surface area (Å²) < 4.78 is 5.25. The van der Waals surface area contributed by atoms with Gasteiger partial charge in [-0.15, -0.1) is 0 Å². The SMILES string of the molecule is c1cc2c(cn1)OCNC2. The second-order valence-electron chi connectivity index (χ2n) is 2.20. The smallest absolute Gasteiger partial charge is 0.144 e. The molecule has 1 aromatic heterocycles. The Morgan fingerprint density at radius 3 is 3.50 bits per heavy atom. The van der Waals surface area contributed by atoms with Gasteiger partial charge in [0.25, 0.3) is 0 Å². The molecule has 0 fully saturated rings. The molecule has 0 aliphatic carbocycles. The Bertz CT molecular complexity index is 212. The van der Waals surface area contributed by atoms with Gasteiger partial charge < -0.3 is 4.74 Å². The van der Waals surface area contributed by atoms with Crippen molar-refractivity contribution in [2.45, 2.75) is 6.54 Å². The maximum absolute atomic E-state index is 5.25. The van der Waals surface area contributed by atoms with E-state index in [0.29, 0.717) is 6.73 Å². The van der Waals surface area contributed by atoms with Gasteiger partial charge in [-0.05, 0) is 6.07 Å². The summed E-state index contributed by atoms with van der Waals surface area (Å²) in [5.74, 6) is 0.904. The molecule has 0 radical (unpaired) electrons. The van der Waals surface area contributed by atoms with Crippen molar-refractivity contribution in [2.24, 2.45) is 0 Å². The number of ether oxygens (including phenoxy) is 1. The minimum atomic E-state index is 0.596. The van der Waals surface area contributed by atoms with Gasteiger partial charge in [0, 0.05) is 18.3 Å². The van der Waals surface area contributed by atoms with Crippen molar-refractivity contribution in [1.29, 1.82) is 0 Å². The van der Waals surface area contributed by atoms with Gasteiger partial charge in [0.1, 0.15) is 12.5 Å². The van der Waals surface area contributed by atoms with E-state index < -0.39 is 0 Å². The van der Waals surface area contributed by atoms with E-state index in [1.165, 1.54) is 5.56 Å². The fourth-order valence-electron chi connectivity index (χ4n) is 0.999. The first kappa shape index (κ1) is 5.68. The molecule has 10 heavy (non-hydrogen) atoms. The minimum absolute atomic E-state index is 0.596. The third-order valence-corrected chi connectivity index (χ3v) is 1.52. The summed E-state index contributed by atoms with van der Waals surface area (Å²) in [5.41, 5.74) is 1.18. The average Bonchev–Trinajstić information content (AvgIpc) is 2.05. The quantitative estimate of drug-likeness (QED) is 0.564. The topological polar surface area (TPSA) is 34.1 Å². The van der Waals surface area contributed by atoms with Gasteiger partial charge in [-0.25, -0.2) is 0 Å². The Hall–Kier alpha value is -1.09. The zero-order valence-electron chi connectivity index (χ0n) is 5.50. The Labute approximate surface area is 59.0 Å². The van der Waals surface area contributed by atoms with E-state index in [9.17, 15) is 0 Å². The Morgan fingerprint density at radius 2 is 2.60 bits per heavy atom. The summed E-state index contributed by atoms with van der Waals surface area (Å²) >= 11 is 0. The van der Waals surface area contributed by atoms with Crippen LogP contribution in [0.5, 0.6) is 5.75 Å². The van der Waals surface area contributed by atoms with Crippen molar-refractivity contribution in [2.75, 3.05) is 6.73 Å². The lowest BCUT2D eigenvalue weighted by Crippen LogP contribution is -2.25. The van der Waals surface area contributed by atoms with E-state index in [4.69, 9.17) is 4.74 Å². The van der Waals surface area contributed by atoms with Gasteiger partial charge >= 0.3 is 0 Å². The highest BCUT2D eigenvalue weighted by atomic mass is 16.5. The van der Waals surface area contributed by atoms with Crippen LogP contribution in [0.2, 0.25) is 0 Å². The largest absolute Gasteiger partial charge is 0.476 e. The summed E-state index contributed by atoms with van der Waals surface area (Å²) in [5, 5.41) is 3.09. The lowest BCUT2D eigenvalue weighted by Gasteiger charge is -2.16. The first-order valence-electron chi connectivity index (χ1n) is 3.23. The zero-order valence-corrected chi connectivity index (χ0v) is 5.50. The molecule has 0 unspecified atom stereocenters. The van der Waals surface area contributed by atoms with Crippen LogP contribution >= 0.6 is 0 Å². The van der Waals surface area contributed by atoms with Crippen LogP contribution in [0.25, 0.3) is 0 Å². The molecule has 0 spiro atoms. The number of aromatic nitrogens is 1. The molecule has 2 rings (SSSR count). The predicted molar refractivity (Wildman–Crippen MR) is 36.6 cm³/mol. The highest BCUT2D eigenvalue weighted by Crippen LogP contribution is 2.17. The van der Waals surface area contributed by atoms with Crippen LogP contribution in [0.15, 0.2) is 18.5 Å². The molecule has 2 heterocycles. The number of fused-ring (bicyclic) bond motifs is 1. The Kier molecular flexibility index (Phi) is 1.29. The van der Waals surface area contributed by atoms with E-state index in [0.717, 1.165) is 12.3 Å². The lowest BCUT2D eigenvalue weighted by molar-refractivity contribution is 0.256. The number of pyridine rings is 1. The standard InChI is InChI=1S/C7H8N2O/c1-2-8-4-7-6(1)3-9-5-10-7/h1-2,4,9H,3,5H2. The van der Waals surface area contributed by atoms with E-state index in [1.54, 1.807) is 12.4 Å². The van der Waals surface area contributed by atoms with Crippen molar-refractivity contribution < 1.29 is 4.74 Å². The molecule has 52 valence electrons. The number of nitrogens with zero attached hydrogens (tertiary/aromatic N) is 1. The van der Waals surface area contributed by atoms with Gasteiger partial charge in [-0.3, -0.25) is 10.3 Å². The third kappa shape index (κ3) is 0.844. The van der Waals surface area contributed by atoms with Crippen molar-refractivity contribution >= 4 is 0 Å². The van der Waals surface area contributed by atoms with Crippen LogP contribution < -0.4 is 10.1 Å². The summed E-state index contributed by atoms with van der Waals surface area (Å²) in [6.07, 6.45) is 3.52. The molecule has 1 aromatic rings. The molecular weight excluding hydrogens is 128 g/mol. The molecule has 0 aromatic carbocycles. The highest BCUT2D eigenvalue weighted by molar-refractivity contribution is 5.30. The molecule has 0 saturated carbocycles.